The van der Waals surface area contributed by atoms with E-state index in [0.29, 0.717) is 26.5 Å². The fourth-order valence-corrected chi connectivity index (χ4v) is 6.00. The second-order valence-corrected chi connectivity index (χ2v) is 10.8. The van der Waals surface area contributed by atoms with Gasteiger partial charge in [0.2, 0.25) is 0 Å². The highest BCUT2D eigenvalue weighted by molar-refractivity contribution is 9.10. The minimum absolute atomic E-state index is 0.155. The number of hydrogen-bond donors (Lipinski definition) is 0. The maximum Gasteiger partial charge on any atom is 0.264 e. The van der Waals surface area contributed by atoms with E-state index >= 15 is 0 Å². The molecule has 0 saturated carbocycles. The highest BCUT2D eigenvalue weighted by atomic mass is 79.9. The highest BCUT2D eigenvalue weighted by Gasteiger charge is 2.59. The average molecular weight is 650 g/mol. The van der Waals surface area contributed by atoms with Gasteiger partial charge in [0.1, 0.15) is 11.8 Å². The summed E-state index contributed by atoms with van der Waals surface area (Å²) in [6.07, 6.45) is 0. The molecule has 0 N–H and O–H groups in total. The molecule has 2 heterocycles. The Labute approximate surface area is 238 Å². The number of carbonyl (C=O) groups is 3. The van der Waals surface area contributed by atoms with Crippen LogP contribution in [0, 0.1) is 0 Å². The number of fused-ring (bicyclic) bond motifs is 1. The maximum absolute atomic E-state index is 13.6. The standard InChI is InChI=1S/C24H12BrCl5N2O4/c1-36-13-7-2-9(25)8-12(13)20-21(24(35)31(20)11-5-3-10(26)4-6-11)32-22(33)14-15(23(32)34)17(28)19(30)18(29)16(14)27/h2-8,20-21H,1H3/t20-,21-/m0/s1. The normalized spacial score (nSPS) is 19.0. The number of amides is 3. The van der Waals surface area contributed by atoms with Crippen LogP contribution in [0.25, 0.3) is 0 Å². The van der Waals surface area contributed by atoms with Crippen LogP contribution in [0.2, 0.25) is 25.1 Å². The van der Waals surface area contributed by atoms with Crippen molar-refractivity contribution in [2.75, 3.05) is 12.0 Å². The molecule has 1 saturated heterocycles. The van der Waals surface area contributed by atoms with Crippen LogP contribution in [0.15, 0.2) is 46.9 Å². The molecule has 3 amide bonds. The summed E-state index contributed by atoms with van der Waals surface area (Å²) in [6.45, 7) is 0. The first kappa shape index (κ1) is 25.6. The van der Waals surface area contributed by atoms with Crippen LogP contribution in [0.3, 0.4) is 0 Å². The predicted molar refractivity (Wildman–Crippen MR) is 143 cm³/mol. The van der Waals surface area contributed by atoms with E-state index in [2.05, 4.69) is 15.9 Å². The maximum atomic E-state index is 13.6. The molecular weight excluding hydrogens is 637 g/mol. The van der Waals surface area contributed by atoms with Crippen molar-refractivity contribution in [3.8, 4) is 5.75 Å². The van der Waals surface area contributed by atoms with Crippen LogP contribution >= 0.6 is 73.9 Å². The molecular formula is C24H12BrCl5N2O4. The molecule has 0 radical (unpaired) electrons. The van der Waals surface area contributed by atoms with Gasteiger partial charge < -0.3 is 9.64 Å². The van der Waals surface area contributed by atoms with Gasteiger partial charge in [-0.15, -0.1) is 0 Å². The number of halogens is 6. The summed E-state index contributed by atoms with van der Waals surface area (Å²) in [5, 5.41) is -0.242. The van der Waals surface area contributed by atoms with Gasteiger partial charge in [-0.2, -0.15) is 0 Å². The summed E-state index contributed by atoms with van der Waals surface area (Å²) in [5.74, 6) is -1.64. The Kier molecular flexibility index (Phi) is 6.69. The third kappa shape index (κ3) is 3.71. The number of ether oxygens (including phenoxy) is 1. The van der Waals surface area contributed by atoms with Gasteiger partial charge in [-0.1, -0.05) is 73.9 Å². The molecule has 5 rings (SSSR count). The van der Waals surface area contributed by atoms with Crippen molar-refractivity contribution >= 4 is 97.3 Å². The van der Waals surface area contributed by atoms with Gasteiger partial charge in [-0.3, -0.25) is 19.3 Å². The number of rotatable bonds is 4. The summed E-state index contributed by atoms with van der Waals surface area (Å²) in [6, 6.07) is 9.85. The van der Waals surface area contributed by atoms with Gasteiger partial charge in [0, 0.05) is 20.7 Å². The van der Waals surface area contributed by atoms with Crippen LogP contribution in [0.1, 0.15) is 32.3 Å². The van der Waals surface area contributed by atoms with Crippen LogP contribution in [0.5, 0.6) is 5.75 Å². The first-order valence-electron chi connectivity index (χ1n) is 10.2. The molecule has 3 aromatic rings. The monoisotopic (exact) mass is 646 g/mol. The van der Waals surface area contributed by atoms with Crippen LogP contribution in [-0.2, 0) is 4.79 Å². The Balaban J connectivity index is 1.67. The predicted octanol–water partition coefficient (Wildman–Crippen LogP) is 7.48. The number of β-lactam (4-membered cyclic amide) rings is 1. The Hall–Kier alpha value is -2.00. The molecule has 0 spiro atoms. The lowest BCUT2D eigenvalue weighted by Gasteiger charge is -2.50. The van der Waals surface area contributed by atoms with Crippen molar-refractivity contribution in [1.29, 1.82) is 0 Å². The van der Waals surface area contributed by atoms with Gasteiger partial charge in [0.25, 0.3) is 17.7 Å². The molecule has 3 aromatic carbocycles. The third-order valence-electron chi connectivity index (χ3n) is 6.09. The van der Waals surface area contributed by atoms with Gasteiger partial charge >= 0.3 is 0 Å². The minimum Gasteiger partial charge on any atom is -0.496 e. The largest absolute Gasteiger partial charge is 0.496 e. The van der Waals surface area contributed by atoms with E-state index in [4.69, 9.17) is 62.7 Å². The van der Waals surface area contributed by atoms with Crippen molar-refractivity contribution in [2.24, 2.45) is 0 Å². The van der Waals surface area contributed by atoms with E-state index < -0.39 is 29.8 Å². The summed E-state index contributed by atoms with van der Waals surface area (Å²) >= 11 is 34.4. The Morgan fingerprint density at radius 2 is 1.31 bits per heavy atom. The number of hydrogen-bond acceptors (Lipinski definition) is 4. The van der Waals surface area contributed by atoms with E-state index in [9.17, 15) is 14.4 Å². The number of nitrogens with zero attached hydrogens (tertiary/aromatic N) is 2. The molecule has 12 heteroatoms. The van der Waals surface area contributed by atoms with Crippen LogP contribution in [-0.4, -0.2) is 35.8 Å². The molecule has 36 heavy (non-hydrogen) atoms. The average Bonchev–Trinajstić information content (AvgIpc) is 3.11. The highest BCUT2D eigenvalue weighted by Crippen LogP contribution is 2.50. The fraction of sp³-hybridized carbons (Fsp3) is 0.125. The van der Waals surface area contributed by atoms with Crippen LogP contribution in [0.4, 0.5) is 5.69 Å². The molecule has 6 nitrogen and oxygen atoms in total. The smallest absolute Gasteiger partial charge is 0.264 e. The number of benzene rings is 3. The second-order valence-electron chi connectivity index (χ2n) is 7.95. The quantitative estimate of drug-likeness (QED) is 0.127. The third-order valence-corrected chi connectivity index (χ3v) is 8.64. The van der Waals surface area contributed by atoms with Crippen LogP contribution < -0.4 is 9.64 Å². The molecule has 0 unspecified atom stereocenters. The van der Waals surface area contributed by atoms with Crippen molar-refractivity contribution in [1.82, 2.24) is 4.90 Å². The molecule has 2 aliphatic heterocycles. The fourth-order valence-electron chi connectivity index (χ4n) is 4.48. The van der Waals surface area contributed by atoms with Crippen molar-refractivity contribution < 1.29 is 19.1 Å². The van der Waals surface area contributed by atoms with Gasteiger partial charge in [0.05, 0.1) is 44.4 Å². The van der Waals surface area contributed by atoms with Gasteiger partial charge in [-0.25, -0.2) is 0 Å². The number of anilines is 1. The Morgan fingerprint density at radius 3 is 1.83 bits per heavy atom. The van der Waals surface area contributed by atoms with Gasteiger partial charge in [-0.05, 0) is 42.5 Å². The summed E-state index contributed by atoms with van der Waals surface area (Å²) in [5.41, 5.74) is 0.695. The lowest BCUT2D eigenvalue weighted by molar-refractivity contribution is -0.130. The zero-order chi connectivity index (χ0) is 26.0. The number of methoxy groups -OCH3 is 1. The van der Waals surface area contributed by atoms with Crippen molar-refractivity contribution in [3.63, 3.8) is 0 Å². The molecule has 0 bridgehead atoms. The summed E-state index contributed by atoms with van der Waals surface area (Å²) in [7, 11) is 1.49. The van der Waals surface area contributed by atoms with E-state index in [1.807, 2.05) is 0 Å². The molecule has 2 atom stereocenters. The first-order valence-corrected chi connectivity index (χ1v) is 12.9. The summed E-state index contributed by atoms with van der Waals surface area (Å²) < 4.78 is 6.25. The van der Waals surface area contributed by atoms with E-state index in [0.717, 1.165) is 4.90 Å². The molecule has 2 aliphatic rings. The lowest BCUT2D eigenvalue weighted by atomic mass is 9.85. The lowest BCUT2D eigenvalue weighted by Crippen LogP contribution is -2.67. The topological polar surface area (TPSA) is 66.9 Å². The number of carbonyl (C=O) groups excluding carboxylic acids is 3. The SMILES string of the molecule is COc1ccc(Br)cc1[C@H]1[C@H](N2C(=O)c3c(Cl)c(Cl)c(Cl)c(Cl)c3C2=O)C(=O)N1c1ccc(Cl)cc1. The molecule has 184 valence electrons. The zero-order valence-electron chi connectivity index (χ0n) is 18.0. The summed E-state index contributed by atoms with van der Waals surface area (Å²) in [4.78, 5) is 43.0. The molecule has 0 aromatic heterocycles. The minimum atomic E-state index is -1.22. The van der Waals surface area contributed by atoms with E-state index in [1.54, 1.807) is 42.5 Å². The van der Waals surface area contributed by atoms with Gasteiger partial charge in [0.15, 0.2) is 0 Å². The first-order chi connectivity index (χ1) is 17.1. The van der Waals surface area contributed by atoms with Crippen molar-refractivity contribution in [2.45, 2.75) is 12.1 Å². The Bertz CT molecular complexity index is 1430. The van der Waals surface area contributed by atoms with E-state index in [-0.39, 0.29) is 31.2 Å². The number of imide groups is 1. The van der Waals surface area contributed by atoms with E-state index in [1.165, 1.54) is 12.0 Å². The Morgan fingerprint density at radius 1 is 0.750 bits per heavy atom. The van der Waals surface area contributed by atoms with Crippen molar-refractivity contribution in [3.05, 3.63) is 88.7 Å². The second kappa shape index (κ2) is 9.39. The molecule has 0 aliphatic carbocycles. The molecule has 1 fully saturated rings. The zero-order valence-corrected chi connectivity index (χ0v) is 23.4.